The largest absolute Gasteiger partial charge is 0.365 e. The summed E-state index contributed by atoms with van der Waals surface area (Å²) in [6.45, 7) is 7.27. The highest BCUT2D eigenvalue weighted by Gasteiger charge is 2.16. The lowest BCUT2D eigenvalue weighted by molar-refractivity contribution is -0.125. The molecule has 0 saturated heterocycles. The highest BCUT2D eigenvalue weighted by molar-refractivity contribution is 5.96. The van der Waals surface area contributed by atoms with Crippen molar-refractivity contribution in [3.8, 4) is 0 Å². The van der Waals surface area contributed by atoms with Crippen LogP contribution in [-0.4, -0.2) is 34.3 Å². The van der Waals surface area contributed by atoms with Gasteiger partial charge in [-0.15, -0.1) is 6.58 Å². The van der Waals surface area contributed by atoms with E-state index < -0.39 is 12.1 Å². The minimum atomic E-state index is -0.601. The molecule has 0 saturated carbocycles. The van der Waals surface area contributed by atoms with Gasteiger partial charge >= 0.3 is 0 Å². The van der Waals surface area contributed by atoms with Crippen LogP contribution in [-0.2, 0) is 14.3 Å². The molecule has 2 amide bonds. The van der Waals surface area contributed by atoms with Gasteiger partial charge in [-0.25, -0.2) is 0 Å². The molecule has 7 heteroatoms. The fraction of sp³-hybridized carbons (Fsp3) is 0.278. The van der Waals surface area contributed by atoms with Crippen LogP contribution in [0.15, 0.2) is 55.4 Å². The first-order valence-corrected chi connectivity index (χ1v) is 7.94. The van der Waals surface area contributed by atoms with Crippen molar-refractivity contribution in [2.45, 2.75) is 26.0 Å². The number of amides is 2. The number of carbonyl (C=O) groups excluding carboxylic acids is 2. The number of hydrogen-bond acceptors (Lipinski definition) is 4. The zero-order chi connectivity index (χ0) is 18.2. The second kappa shape index (κ2) is 8.79. The van der Waals surface area contributed by atoms with Gasteiger partial charge in [0.1, 0.15) is 12.1 Å². The molecule has 0 spiro atoms. The van der Waals surface area contributed by atoms with E-state index in [4.69, 9.17) is 4.74 Å². The predicted molar refractivity (Wildman–Crippen MR) is 96.3 cm³/mol. The lowest BCUT2D eigenvalue weighted by atomic mass is 10.2. The average Bonchev–Trinajstić information content (AvgIpc) is 3.13. The lowest BCUT2D eigenvalue weighted by Crippen LogP contribution is -2.28. The molecule has 0 bridgehead atoms. The summed E-state index contributed by atoms with van der Waals surface area (Å²) in [7, 11) is 0. The Bertz CT molecular complexity index is 728. The van der Waals surface area contributed by atoms with Gasteiger partial charge in [-0.2, -0.15) is 5.10 Å². The molecule has 2 rings (SSSR count). The van der Waals surface area contributed by atoms with Crippen LogP contribution in [0.1, 0.15) is 19.9 Å². The highest BCUT2D eigenvalue weighted by Crippen LogP contribution is 2.17. The van der Waals surface area contributed by atoms with E-state index in [1.54, 1.807) is 67.3 Å². The topological polar surface area (TPSA) is 85.3 Å². The fourth-order valence-electron chi connectivity index (χ4n) is 2.08. The SMILES string of the molecule is C=CCO[C@H](C)C(=O)Nc1cccc(NC(=O)[C@H](C)n2cccn2)c1. The third kappa shape index (κ3) is 5.29. The summed E-state index contributed by atoms with van der Waals surface area (Å²) in [5.41, 5.74) is 1.16. The Morgan fingerprint density at radius 2 is 1.92 bits per heavy atom. The number of rotatable bonds is 8. The summed E-state index contributed by atoms with van der Waals surface area (Å²) in [6, 6.07) is 8.24. The van der Waals surface area contributed by atoms with E-state index >= 15 is 0 Å². The van der Waals surface area contributed by atoms with Crippen molar-refractivity contribution in [3.63, 3.8) is 0 Å². The Hall–Kier alpha value is -2.93. The molecule has 1 aromatic carbocycles. The summed E-state index contributed by atoms with van der Waals surface area (Å²) >= 11 is 0. The zero-order valence-corrected chi connectivity index (χ0v) is 14.3. The maximum atomic E-state index is 12.3. The third-order valence-corrected chi connectivity index (χ3v) is 3.53. The maximum Gasteiger partial charge on any atom is 0.253 e. The van der Waals surface area contributed by atoms with E-state index in [1.807, 2.05) is 0 Å². The first-order valence-electron chi connectivity index (χ1n) is 7.94. The third-order valence-electron chi connectivity index (χ3n) is 3.53. The molecule has 132 valence electrons. The van der Waals surface area contributed by atoms with Gasteiger partial charge in [-0.05, 0) is 38.1 Å². The second-order valence-corrected chi connectivity index (χ2v) is 5.49. The van der Waals surface area contributed by atoms with Crippen molar-refractivity contribution < 1.29 is 14.3 Å². The molecule has 25 heavy (non-hydrogen) atoms. The Kier molecular flexibility index (Phi) is 6.47. The molecule has 7 nitrogen and oxygen atoms in total. The van der Waals surface area contributed by atoms with Gasteiger partial charge in [-0.1, -0.05) is 12.1 Å². The molecular formula is C18H22N4O3. The fourth-order valence-corrected chi connectivity index (χ4v) is 2.08. The summed E-state index contributed by atoms with van der Waals surface area (Å²) in [5.74, 6) is -0.468. The van der Waals surface area contributed by atoms with Crippen LogP contribution in [0.5, 0.6) is 0 Å². The van der Waals surface area contributed by atoms with Gasteiger partial charge in [0.05, 0.1) is 6.61 Å². The van der Waals surface area contributed by atoms with Crippen molar-refractivity contribution in [1.29, 1.82) is 0 Å². The average molecular weight is 342 g/mol. The number of hydrogen-bond donors (Lipinski definition) is 2. The first-order chi connectivity index (χ1) is 12.0. The van der Waals surface area contributed by atoms with Crippen LogP contribution < -0.4 is 10.6 Å². The first kappa shape index (κ1) is 18.4. The highest BCUT2D eigenvalue weighted by atomic mass is 16.5. The van der Waals surface area contributed by atoms with E-state index in [2.05, 4.69) is 22.3 Å². The molecule has 0 radical (unpaired) electrons. The molecule has 0 aliphatic carbocycles. The van der Waals surface area contributed by atoms with Crippen molar-refractivity contribution in [3.05, 3.63) is 55.4 Å². The number of nitrogens with zero attached hydrogens (tertiary/aromatic N) is 2. The van der Waals surface area contributed by atoms with Crippen LogP contribution >= 0.6 is 0 Å². The van der Waals surface area contributed by atoms with Crippen LogP contribution in [0.4, 0.5) is 11.4 Å². The quantitative estimate of drug-likeness (QED) is 0.722. The standard InChI is InChI=1S/C18H22N4O3/c1-4-11-25-14(3)18(24)21-16-8-5-7-15(12-16)20-17(23)13(2)22-10-6-9-19-22/h4-10,12-14H,1,11H2,2-3H3,(H,20,23)(H,21,24)/t13-,14+/m0/s1. The molecule has 0 aliphatic heterocycles. The molecule has 2 atom stereocenters. The van der Waals surface area contributed by atoms with E-state index in [1.165, 1.54) is 0 Å². The van der Waals surface area contributed by atoms with Crippen LogP contribution in [0.2, 0.25) is 0 Å². The lowest BCUT2D eigenvalue weighted by Gasteiger charge is -2.15. The number of anilines is 2. The van der Waals surface area contributed by atoms with E-state index in [-0.39, 0.29) is 11.8 Å². The smallest absolute Gasteiger partial charge is 0.253 e. The number of benzene rings is 1. The summed E-state index contributed by atoms with van der Waals surface area (Å²) in [6.07, 6.45) is 4.33. The van der Waals surface area contributed by atoms with Gasteiger partial charge in [0.15, 0.2) is 0 Å². The minimum Gasteiger partial charge on any atom is -0.365 e. The van der Waals surface area contributed by atoms with Gasteiger partial charge in [0, 0.05) is 23.8 Å². The Balaban J connectivity index is 1.97. The molecule has 0 fully saturated rings. The summed E-state index contributed by atoms with van der Waals surface area (Å²) < 4.78 is 6.85. The number of ether oxygens (including phenoxy) is 1. The van der Waals surface area contributed by atoms with Crippen molar-refractivity contribution in [2.24, 2.45) is 0 Å². The summed E-state index contributed by atoms with van der Waals surface area (Å²) in [4.78, 5) is 24.3. The zero-order valence-electron chi connectivity index (χ0n) is 14.3. The predicted octanol–water partition coefficient (Wildman–Crippen LogP) is 2.61. The molecule has 1 heterocycles. The van der Waals surface area contributed by atoms with E-state index in [0.29, 0.717) is 18.0 Å². The number of nitrogens with one attached hydrogen (secondary N) is 2. The normalized spacial score (nSPS) is 12.9. The van der Waals surface area contributed by atoms with E-state index in [9.17, 15) is 9.59 Å². The minimum absolute atomic E-state index is 0.199. The van der Waals surface area contributed by atoms with Crippen LogP contribution in [0.3, 0.4) is 0 Å². The van der Waals surface area contributed by atoms with Crippen LogP contribution in [0, 0.1) is 0 Å². The molecule has 1 aromatic heterocycles. The maximum absolute atomic E-state index is 12.3. The molecule has 0 aliphatic rings. The number of aromatic nitrogens is 2. The Labute approximate surface area is 146 Å². The molecular weight excluding hydrogens is 320 g/mol. The van der Waals surface area contributed by atoms with Gasteiger partial charge in [0.25, 0.3) is 5.91 Å². The Morgan fingerprint density at radius 3 is 2.52 bits per heavy atom. The van der Waals surface area contributed by atoms with Crippen LogP contribution in [0.25, 0.3) is 0 Å². The van der Waals surface area contributed by atoms with Gasteiger partial charge < -0.3 is 15.4 Å². The van der Waals surface area contributed by atoms with Gasteiger partial charge in [0.2, 0.25) is 5.91 Å². The summed E-state index contributed by atoms with van der Waals surface area (Å²) in [5, 5.41) is 9.62. The molecule has 2 aromatic rings. The monoisotopic (exact) mass is 342 g/mol. The van der Waals surface area contributed by atoms with Crippen molar-refractivity contribution in [1.82, 2.24) is 9.78 Å². The van der Waals surface area contributed by atoms with Crippen molar-refractivity contribution in [2.75, 3.05) is 17.2 Å². The van der Waals surface area contributed by atoms with E-state index in [0.717, 1.165) is 0 Å². The molecule has 2 N–H and O–H groups in total. The Morgan fingerprint density at radius 1 is 1.24 bits per heavy atom. The molecule has 0 unspecified atom stereocenters. The second-order valence-electron chi connectivity index (χ2n) is 5.49. The number of carbonyl (C=O) groups is 2. The van der Waals surface area contributed by atoms with Crippen molar-refractivity contribution >= 4 is 23.2 Å². The van der Waals surface area contributed by atoms with Gasteiger partial charge in [-0.3, -0.25) is 14.3 Å².